The first-order chi connectivity index (χ1) is 7.63. The molecule has 1 amide bonds. The van der Waals surface area contributed by atoms with E-state index in [9.17, 15) is 4.79 Å². The van der Waals surface area contributed by atoms with Gasteiger partial charge in [-0.05, 0) is 7.05 Å². The molecule has 1 saturated heterocycles. The molecule has 1 aliphatic rings. The third kappa shape index (κ3) is 2.93. The maximum Gasteiger partial charge on any atom is 0.226 e. The molecular formula is C11H22N2O3. The number of hydrogen-bond donors (Lipinski definition) is 1. The third-order valence-corrected chi connectivity index (χ3v) is 3.06. The van der Waals surface area contributed by atoms with Crippen LogP contribution in [0, 0.1) is 5.92 Å². The fraction of sp³-hybridized carbons (Fsp3) is 0.909. The van der Waals surface area contributed by atoms with Crippen molar-refractivity contribution in [2.45, 2.75) is 19.1 Å². The lowest BCUT2D eigenvalue weighted by Crippen LogP contribution is -2.37. The van der Waals surface area contributed by atoms with Gasteiger partial charge in [-0.1, -0.05) is 6.92 Å². The zero-order valence-electron chi connectivity index (χ0n) is 10.5. The number of nitrogens with one attached hydrogen (secondary N) is 1. The standard InChI is InChI=1S/C11H22N2O3/c1-8(5-12-2)11(14)13-6-9(15-3)10(7-13)16-4/h8-10,12H,5-7H2,1-4H3. The number of likely N-dealkylation sites (tertiary alicyclic amines) is 1. The van der Waals surface area contributed by atoms with Crippen LogP contribution in [-0.4, -0.2) is 63.9 Å². The van der Waals surface area contributed by atoms with Crippen molar-refractivity contribution in [3.63, 3.8) is 0 Å². The van der Waals surface area contributed by atoms with Crippen molar-refractivity contribution < 1.29 is 14.3 Å². The molecule has 1 rings (SSSR count). The fourth-order valence-corrected chi connectivity index (χ4v) is 2.08. The number of ether oxygens (including phenoxy) is 2. The van der Waals surface area contributed by atoms with Crippen LogP contribution in [0.5, 0.6) is 0 Å². The lowest BCUT2D eigenvalue weighted by Gasteiger charge is -2.20. The van der Waals surface area contributed by atoms with Crippen LogP contribution in [0.25, 0.3) is 0 Å². The molecule has 1 aliphatic heterocycles. The Kier molecular flexibility index (Phi) is 5.18. The van der Waals surface area contributed by atoms with E-state index >= 15 is 0 Å². The third-order valence-electron chi connectivity index (χ3n) is 3.06. The van der Waals surface area contributed by atoms with Crippen LogP contribution < -0.4 is 5.32 Å². The molecule has 5 nitrogen and oxygen atoms in total. The van der Waals surface area contributed by atoms with E-state index in [1.807, 2.05) is 18.9 Å². The van der Waals surface area contributed by atoms with E-state index < -0.39 is 0 Å². The Balaban J connectivity index is 2.53. The van der Waals surface area contributed by atoms with E-state index in [1.165, 1.54) is 0 Å². The summed E-state index contributed by atoms with van der Waals surface area (Å²) >= 11 is 0. The number of nitrogens with zero attached hydrogens (tertiary/aromatic N) is 1. The van der Waals surface area contributed by atoms with Gasteiger partial charge in [0.1, 0.15) is 12.2 Å². The second kappa shape index (κ2) is 6.18. The van der Waals surface area contributed by atoms with Crippen LogP contribution in [0.4, 0.5) is 0 Å². The summed E-state index contributed by atoms with van der Waals surface area (Å²) < 4.78 is 10.6. The number of rotatable bonds is 5. The van der Waals surface area contributed by atoms with E-state index in [4.69, 9.17) is 9.47 Å². The van der Waals surface area contributed by atoms with Crippen molar-refractivity contribution in [3.8, 4) is 0 Å². The highest BCUT2D eigenvalue weighted by molar-refractivity contribution is 5.79. The van der Waals surface area contributed by atoms with Crippen LogP contribution in [0.3, 0.4) is 0 Å². The molecule has 94 valence electrons. The molecule has 0 aromatic carbocycles. The zero-order valence-corrected chi connectivity index (χ0v) is 10.5. The van der Waals surface area contributed by atoms with Gasteiger partial charge < -0.3 is 19.7 Å². The summed E-state index contributed by atoms with van der Waals surface area (Å²) in [7, 11) is 5.16. The van der Waals surface area contributed by atoms with Gasteiger partial charge in [-0.25, -0.2) is 0 Å². The van der Waals surface area contributed by atoms with Crippen LogP contribution in [0.1, 0.15) is 6.92 Å². The van der Waals surface area contributed by atoms with Crippen LogP contribution in [0.2, 0.25) is 0 Å². The summed E-state index contributed by atoms with van der Waals surface area (Å²) in [5.41, 5.74) is 0. The predicted octanol–water partition coefficient (Wildman–Crippen LogP) is -0.286. The highest BCUT2D eigenvalue weighted by Crippen LogP contribution is 2.17. The molecule has 1 heterocycles. The second-order valence-electron chi connectivity index (χ2n) is 4.25. The first-order valence-corrected chi connectivity index (χ1v) is 5.63. The lowest BCUT2D eigenvalue weighted by molar-refractivity contribution is -0.134. The van der Waals surface area contributed by atoms with E-state index in [0.717, 1.165) is 0 Å². The lowest BCUT2D eigenvalue weighted by atomic mass is 10.1. The molecule has 3 unspecified atom stereocenters. The van der Waals surface area contributed by atoms with Gasteiger partial charge in [0.05, 0.1) is 0 Å². The quantitative estimate of drug-likeness (QED) is 0.705. The van der Waals surface area contributed by atoms with Gasteiger partial charge >= 0.3 is 0 Å². The Bertz CT molecular complexity index is 223. The van der Waals surface area contributed by atoms with Crippen molar-refractivity contribution >= 4 is 5.91 Å². The molecule has 0 bridgehead atoms. The number of carbonyl (C=O) groups is 1. The van der Waals surface area contributed by atoms with Gasteiger partial charge in [-0.15, -0.1) is 0 Å². The summed E-state index contributed by atoms with van der Waals surface area (Å²) in [6.07, 6.45) is -0.00790. The Labute approximate surface area is 97.1 Å². The summed E-state index contributed by atoms with van der Waals surface area (Å²) in [6, 6.07) is 0. The maximum absolute atomic E-state index is 12.0. The average molecular weight is 230 g/mol. The molecule has 0 radical (unpaired) electrons. The van der Waals surface area contributed by atoms with Crippen molar-refractivity contribution in [2.24, 2.45) is 5.92 Å². The SMILES string of the molecule is CNCC(C)C(=O)N1CC(OC)C(OC)C1. The largest absolute Gasteiger partial charge is 0.377 e. The number of amides is 1. The minimum atomic E-state index is -0.00395. The molecule has 0 saturated carbocycles. The predicted molar refractivity (Wildman–Crippen MR) is 61.3 cm³/mol. The number of carbonyl (C=O) groups excluding carboxylic acids is 1. The van der Waals surface area contributed by atoms with Crippen molar-refractivity contribution in [3.05, 3.63) is 0 Å². The minimum absolute atomic E-state index is 0.00175. The Morgan fingerprint density at radius 2 is 1.88 bits per heavy atom. The van der Waals surface area contributed by atoms with Crippen LogP contribution >= 0.6 is 0 Å². The number of methoxy groups -OCH3 is 2. The first kappa shape index (κ1) is 13.4. The molecule has 0 aromatic heterocycles. The summed E-state index contributed by atoms with van der Waals surface area (Å²) in [5, 5.41) is 3.01. The van der Waals surface area contributed by atoms with E-state index in [2.05, 4.69) is 5.32 Å². The Morgan fingerprint density at radius 1 is 1.38 bits per heavy atom. The van der Waals surface area contributed by atoms with Gasteiger partial charge in [-0.2, -0.15) is 0 Å². The molecule has 0 spiro atoms. The summed E-state index contributed by atoms with van der Waals surface area (Å²) in [6.45, 7) is 3.88. The molecule has 0 aromatic rings. The molecule has 3 atom stereocenters. The van der Waals surface area contributed by atoms with E-state index in [0.29, 0.717) is 19.6 Å². The summed E-state index contributed by atoms with van der Waals surface area (Å²) in [4.78, 5) is 13.9. The van der Waals surface area contributed by atoms with Gasteiger partial charge in [0.15, 0.2) is 0 Å². The fourth-order valence-electron chi connectivity index (χ4n) is 2.08. The van der Waals surface area contributed by atoms with E-state index in [-0.39, 0.29) is 24.0 Å². The molecule has 16 heavy (non-hydrogen) atoms. The molecule has 1 fully saturated rings. The molecule has 0 aliphatic carbocycles. The molecular weight excluding hydrogens is 208 g/mol. The van der Waals surface area contributed by atoms with Gasteiger partial charge in [0.2, 0.25) is 5.91 Å². The van der Waals surface area contributed by atoms with Gasteiger partial charge in [0.25, 0.3) is 0 Å². The van der Waals surface area contributed by atoms with E-state index in [1.54, 1.807) is 14.2 Å². The topological polar surface area (TPSA) is 50.8 Å². The normalized spacial score (nSPS) is 27.1. The Morgan fingerprint density at radius 3 is 2.25 bits per heavy atom. The highest BCUT2D eigenvalue weighted by Gasteiger charge is 2.36. The smallest absolute Gasteiger partial charge is 0.226 e. The van der Waals surface area contributed by atoms with Crippen molar-refractivity contribution in [1.29, 1.82) is 0 Å². The van der Waals surface area contributed by atoms with Gasteiger partial charge in [0, 0.05) is 39.8 Å². The molecule has 5 heteroatoms. The summed E-state index contributed by atoms with van der Waals surface area (Å²) in [5.74, 6) is 0.161. The minimum Gasteiger partial charge on any atom is -0.377 e. The van der Waals surface area contributed by atoms with Crippen molar-refractivity contribution in [1.82, 2.24) is 10.2 Å². The van der Waals surface area contributed by atoms with Crippen LogP contribution in [0.15, 0.2) is 0 Å². The first-order valence-electron chi connectivity index (χ1n) is 5.63. The highest BCUT2D eigenvalue weighted by atomic mass is 16.5. The molecule has 1 N–H and O–H groups in total. The van der Waals surface area contributed by atoms with Crippen molar-refractivity contribution in [2.75, 3.05) is 40.9 Å². The monoisotopic (exact) mass is 230 g/mol. The van der Waals surface area contributed by atoms with Crippen LogP contribution in [-0.2, 0) is 14.3 Å². The number of hydrogen-bond acceptors (Lipinski definition) is 4. The van der Waals surface area contributed by atoms with Gasteiger partial charge in [-0.3, -0.25) is 4.79 Å². The Hall–Kier alpha value is -0.650. The zero-order chi connectivity index (χ0) is 12.1. The average Bonchev–Trinajstić information content (AvgIpc) is 2.71. The maximum atomic E-state index is 12.0. The second-order valence-corrected chi connectivity index (χ2v) is 4.25.